The van der Waals surface area contributed by atoms with Gasteiger partial charge in [-0.3, -0.25) is 4.79 Å². The molecule has 2 aromatic heterocycles. The molecule has 0 bridgehead atoms. The van der Waals surface area contributed by atoms with Gasteiger partial charge < -0.3 is 14.5 Å². The van der Waals surface area contributed by atoms with Crippen LogP contribution in [0.1, 0.15) is 21.5 Å². The number of aromatic nitrogens is 3. The van der Waals surface area contributed by atoms with Crippen molar-refractivity contribution in [2.24, 2.45) is 0 Å². The monoisotopic (exact) mass is 468 g/mol. The van der Waals surface area contributed by atoms with Crippen LogP contribution in [0.5, 0.6) is 6.01 Å². The maximum absolute atomic E-state index is 13.1. The van der Waals surface area contributed by atoms with E-state index in [2.05, 4.69) is 15.4 Å². The Bertz CT molecular complexity index is 1430. The quantitative estimate of drug-likeness (QED) is 0.326. The Morgan fingerprint density at radius 2 is 1.74 bits per heavy atom. The van der Waals surface area contributed by atoms with Crippen LogP contribution in [0, 0.1) is 12.7 Å². The Kier molecular flexibility index (Phi) is 6.09. The Morgan fingerprint density at radius 3 is 2.43 bits per heavy atom. The van der Waals surface area contributed by atoms with Crippen LogP contribution in [-0.2, 0) is 6.61 Å². The van der Waals surface area contributed by atoms with Crippen molar-refractivity contribution >= 4 is 11.6 Å². The van der Waals surface area contributed by atoms with Gasteiger partial charge in [0, 0.05) is 11.3 Å². The molecule has 0 spiro atoms. The molecule has 0 atom stereocenters. The number of nitrogens with one attached hydrogen (secondary N) is 1. The third-order valence-electron chi connectivity index (χ3n) is 5.29. The number of ether oxygens (including phenoxy) is 1. The Balaban J connectivity index is 1.36. The number of amides is 1. The van der Waals surface area contributed by atoms with Crippen LogP contribution in [0.25, 0.3) is 17.3 Å². The molecule has 8 heteroatoms. The molecule has 5 rings (SSSR count). The van der Waals surface area contributed by atoms with Crippen LogP contribution >= 0.6 is 0 Å². The summed E-state index contributed by atoms with van der Waals surface area (Å²) in [5.74, 6) is 0.479. The zero-order valence-corrected chi connectivity index (χ0v) is 18.8. The first kappa shape index (κ1) is 22.1. The molecule has 0 aliphatic rings. The van der Waals surface area contributed by atoms with Crippen LogP contribution < -0.4 is 10.1 Å². The summed E-state index contributed by atoms with van der Waals surface area (Å²) in [6, 6.07) is 24.3. The molecule has 0 radical (unpaired) electrons. The van der Waals surface area contributed by atoms with E-state index in [1.54, 1.807) is 59.5 Å². The lowest BCUT2D eigenvalue weighted by atomic mass is 10.1. The van der Waals surface area contributed by atoms with Gasteiger partial charge in [0.15, 0.2) is 5.76 Å². The summed E-state index contributed by atoms with van der Waals surface area (Å²) >= 11 is 0. The molecular weight excluding hydrogens is 447 g/mol. The molecule has 0 unspecified atom stereocenters. The van der Waals surface area contributed by atoms with Gasteiger partial charge in [0.05, 0.1) is 12.0 Å². The van der Waals surface area contributed by atoms with Gasteiger partial charge >= 0.3 is 6.01 Å². The van der Waals surface area contributed by atoms with E-state index in [4.69, 9.17) is 9.15 Å². The molecule has 0 aliphatic carbocycles. The molecular formula is C27H21FN4O3. The van der Waals surface area contributed by atoms with E-state index >= 15 is 0 Å². The van der Waals surface area contributed by atoms with Gasteiger partial charge in [-0.1, -0.05) is 29.8 Å². The molecule has 0 saturated carbocycles. The van der Waals surface area contributed by atoms with E-state index < -0.39 is 0 Å². The van der Waals surface area contributed by atoms with Crippen molar-refractivity contribution < 1.29 is 18.3 Å². The van der Waals surface area contributed by atoms with E-state index in [-0.39, 0.29) is 24.3 Å². The van der Waals surface area contributed by atoms with Crippen molar-refractivity contribution in [1.29, 1.82) is 0 Å². The molecule has 174 valence electrons. The molecule has 5 aromatic rings. The van der Waals surface area contributed by atoms with E-state index in [1.165, 1.54) is 12.1 Å². The fourth-order valence-electron chi connectivity index (χ4n) is 3.42. The van der Waals surface area contributed by atoms with Crippen LogP contribution in [0.2, 0.25) is 0 Å². The first-order valence-electron chi connectivity index (χ1n) is 10.9. The summed E-state index contributed by atoms with van der Waals surface area (Å²) < 4.78 is 26.0. The molecule has 0 aliphatic heterocycles. The Labute approximate surface area is 200 Å². The largest absolute Gasteiger partial charge is 0.461 e. The Hall–Kier alpha value is -4.72. The van der Waals surface area contributed by atoms with Crippen LogP contribution in [0.3, 0.4) is 0 Å². The van der Waals surface area contributed by atoms with Crippen molar-refractivity contribution in [1.82, 2.24) is 14.8 Å². The molecule has 35 heavy (non-hydrogen) atoms. The molecule has 0 fully saturated rings. The van der Waals surface area contributed by atoms with Crippen molar-refractivity contribution in [3.05, 3.63) is 114 Å². The summed E-state index contributed by atoms with van der Waals surface area (Å²) in [5.41, 5.74) is 3.81. The second-order valence-corrected chi connectivity index (χ2v) is 7.89. The second kappa shape index (κ2) is 9.64. The number of aryl methyl sites for hydroxylation is 1. The van der Waals surface area contributed by atoms with Crippen molar-refractivity contribution in [2.75, 3.05) is 5.32 Å². The van der Waals surface area contributed by atoms with Gasteiger partial charge in [-0.25, -0.2) is 9.07 Å². The molecule has 2 heterocycles. The zero-order valence-electron chi connectivity index (χ0n) is 18.8. The van der Waals surface area contributed by atoms with Gasteiger partial charge in [0.2, 0.25) is 5.82 Å². The molecule has 1 N–H and O–H groups in total. The lowest BCUT2D eigenvalue weighted by Crippen LogP contribution is -2.11. The van der Waals surface area contributed by atoms with E-state index in [1.807, 2.05) is 31.2 Å². The van der Waals surface area contributed by atoms with Crippen molar-refractivity contribution in [3.63, 3.8) is 0 Å². The number of anilines is 1. The van der Waals surface area contributed by atoms with Crippen LogP contribution in [0.4, 0.5) is 10.1 Å². The third-order valence-corrected chi connectivity index (χ3v) is 5.29. The number of carbonyl (C=O) groups is 1. The highest BCUT2D eigenvalue weighted by molar-refractivity contribution is 6.04. The predicted octanol–water partition coefficient (Wildman–Crippen LogP) is 5.81. The molecule has 3 aromatic carbocycles. The predicted molar refractivity (Wildman–Crippen MR) is 129 cm³/mol. The molecule has 0 saturated heterocycles. The second-order valence-electron chi connectivity index (χ2n) is 7.89. The average Bonchev–Trinajstić information content (AvgIpc) is 3.55. The SMILES string of the molecule is Cc1ccc(C(=O)Nc2ccc(-n3nc(OCc4ccc(F)cc4)nc3-c3ccco3)cc2)cc1. The summed E-state index contributed by atoms with van der Waals surface area (Å²) in [6.45, 7) is 2.16. The maximum atomic E-state index is 13.1. The highest BCUT2D eigenvalue weighted by Crippen LogP contribution is 2.25. The van der Waals surface area contributed by atoms with Gasteiger partial charge in [-0.15, -0.1) is 5.10 Å². The third kappa shape index (κ3) is 5.11. The highest BCUT2D eigenvalue weighted by Gasteiger charge is 2.17. The zero-order chi connectivity index (χ0) is 24.2. The van der Waals surface area contributed by atoms with Gasteiger partial charge in [0.1, 0.15) is 12.4 Å². The van der Waals surface area contributed by atoms with Gasteiger partial charge in [0.25, 0.3) is 5.91 Å². The number of hydrogen-bond donors (Lipinski definition) is 1. The smallest absolute Gasteiger partial charge is 0.336 e. The number of hydrogen-bond acceptors (Lipinski definition) is 5. The number of furan rings is 1. The highest BCUT2D eigenvalue weighted by atomic mass is 19.1. The van der Waals surface area contributed by atoms with E-state index in [0.717, 1.165) is 11.1 Å². The standard InChI is InChI=1S/C27H21FN4O3/c1-18-4-8-20(9-5-18)26(33)29-22-12-14-23(15-13-22)32-25(24-3-2-16-34-24)30-27(31-32)35-17-19-6-10-21(28)11-7-19/h2-16H,17H2,1H3,(H,29,33). The Morgan fingerprint density at radius 1 is 1.00 bits per heavy atom. The first-order valence-corrected chi connectivity index (χ1v) is 10.9. The first-order chi connectivity index (χ1) is 17.0. The minimum absolute atomic E-state index is 0.150. The van der Waals surface area contributed by atoms with E-state index in [0.29, 0.717) is 28.5 Å². The number of rotatable bonds is 7. The molecule has 7 nitrogen and oxygen atoms in total. The maximum Gasteiger partial charge on any atom is 0.336 e. The van der Waals surface area contributed by atoms with Gasteiger partial charge in [-0.05, 0) is 73.2 Å². The molecule has 1 amide bonds. The number of benzene rings is 3. The normalized spacial score (nSPS) is 10.8. The fraction of sp³-hybridized carbons (Fsp3) is 0.0741. The summed E-state index contributed by atoms with van der Waals surface area (Å²) in [6.07, 6.45) is 1.55. The lowest BCUT2D eigenvalue weighted by Gasteiger charge is -2.08. The fourth-order valence-corrected chi connectivity index (χ4v) is 3.42. The van der Waals surface area contributed by atoms with E-state index in [9.17, 15) is 9.18 Å². The minimum atomic E-state index is -0.310. The van der Waals surface area contributed by atoms with Crippen LogP contribution in [0.15, 0.2) is 95.6 Å². The number of carbonyl (C=O) groups excluding carboxylic acids is 1. The summed E-state index contributed by atoms with van der Waals surface area (Å²) in [7, 11) is 0. The topological polar surface area (TPSA) is 82.2 Å². The number of nitrogens with zero attached hydrogens (tertiary/aromatic N) is 3. The average molecular weight is 468 g/mol. The van der Waals surface area contributed by atoms with Gasteiger partial charge in [-0.2, -0.15) is 4.98 Å². The van der Waals surface area contributed by atoms with Crippen LogP contribution in [-0.4, -0.2) is 20.7 Å². The summed E-state index contributed by atoms with van der Waals surface area (Å²) in [4.78, 5) is 17.0. The minimum Gasteiger partial charge on any atom is -0.461 e. The van der Waals surface area contributed by atoms with Crippen molar-refractivity contribution in [3.8, 4) is 23.3 Å². The lowest BCUT2D eigenvalue weighted by molar-refractivity contribution is 0.102. The van der Waals surface area contributed by atoms with Crippen molar-refractivity contribution in [2.45, 2.75) is 13.5 Å². The number of halogens is 1. The summed E-state index contributed by atoms with van der Waals surface area (Å²) in [5, 5.41) is 7.37.